The summed E-state index contributed by atoms with van der Waals surface area (Å²) in [5.74, 6) is 1.21. The van der Waals surface area contributed by atoms with Crippen molar-refractivity contribution >= 4 is 5.82 Å². The molecule has 0 amide bonds. The molecule has 104 valence electrons. The fraction of sp³-hybridized carbons (Fsp3) is 0.750. The zero-order valence-electron chi connectivity index (χ0n) is 10.8. The van der Waals surface area contributed by atoms with Crippen LogP contribution in [0.1, 0.15) is 25.7 Å². The maximum Gasteiger partial charge on any atom is 0.342 e. The summed E-state index contributed by atoms with van der Waals surface area (Å²) in [5.41, 5.74) is -0.970. The van der Waals surface area contributed by atoms with Gasteiger partial charge in [0.25, 0.3) is 5.56 Å². The van der Waals surface area contributed by atoms with Gasteiger partial charge in [-0.25, -0.2) is 9.89 Å². The van der Waals surface area contributed by atoms with Gasteiger partial charge in [-0.3, -0.25) is 9.78 Å². The minimum absolute atomic E-state index is 0.320. The Kier molecular flexibility index (Phi) is 3.37. The summed E-state index contributed by atoms with van der Waals surface area (Å²) in [6.45, 7) is 2.72. The number of anilines is 1. The lowest BCUT2D eigenvalue weighted by Gasteiger charge is -2.32. The number of aromatic amines is 2. The van der Waals surface area contributed by atoms with Crippen LogP contribution in [-0.4, -0.2) is 40.9 Å². The Bertz CT molecular complexity index is 540. The van der Waals surface area contributed by atoms with Gasteiger partial charge in [0.05, 0.1) is 0 Å². The topological polar surface area (TPSA) is 93.9 Å². The van der Waals surface area contributed by atoms with E-state index in [1.807, 2.05) is 4.90 Å². The Labute approximate surface area is 110 Å². The van der Waals surface area contributed by atoms with Gasteiger partial charge in [-0.05, 0) is 38.1 Å². The van der Waals surface area contributed by atoms with Gasteiger partial charge in [-0.15, -0.1) is 5.10 Å². The van der Waals surface area contributed by atoms with Crippen molar-refractivity contribution in [1.29, 1.82) is 0 Å². The highest BCUT2D eigenvalue weighted by atomic mass is 16.2. The number of aromatic nitrogens is 3. The van der Waals surface area contributed by atoms with E-state index < -0.39 is 11.2 Å². The molecule has 2 fully saturated rings. The van der Waals surface area contributed by atoms with E-state index in [1.165, 1.54) is 12.8 Å². The molecule has 1 aromatic heterocycles. The highest BCUT2D eigenvalue weighted by Crippen LogP contribution is 2.28. The SMILES string of the molecule is O=c1[nH]nc(N2CCC(NCC3CC3)CC2)c(=O)[nH]1. The van der Waals surface area contributed by atoms with Gasteiger partial charge in [-0.1, -0.05) is 0 Å². The maximum absolute atomic E-state index is 11.6. The number of H-pyrrole nitrogens is 2. The van der Waals surface area contributed by atoms with Crippen LogP contribution in [-0.2, 0) is 0 Å². The molecular formula is C12H19N5O2. The Morgan fingerprint density at radius 2 is 1.95 bits per heavy atom. The lowest BCUT2D eigenvalue weighted by Crippen LogP contribution is -2.45. The third kappa shape index (κ3) is 3.04. The summed E-state index contributed by atoms with van der Waals surface area (Å²) in [5, 5.41) is 9.70. The van der Waals surface area contributed by atoms with Crippen LogP contribution >= 0.6 is 0 Å². The number of hydrogen-bond donors (Lipinski definition) is 3. The van der Waals surface area contributed by atoms with Crippen LogP contribution in [0.15, 0.2) is 9.59 Å². The standard InChI is InChI=1S/C12H19N5O2/c18-11-10(15-16-12(19)14-11)17-5-3-9(4-6-17)13-7-8-1-2-8/h8-9,13H,1-7H2,(H2,14,16,18,19). The highest BCUT2D eigenvalue weighted by Gasteiger charge is 2.25. The Morgan fingerprint density at radius 1 is 1.21 bits per heavy atom. The molecule has 19 heavy (non-hydrogen) atoms. The van der Waals surface area contributed by atoms with Gasteiger partial charge in [-0.2, -0.15) is 0 Å². The van der Waals surface area contributed by atoms with Gasteiger partial charge in [0.1, 0.15) is 0 Å². The molecule has 1 saturated carbocycles. The van der Waals surface area contributed by atoms with Crippen LogP contribution < -0.4 is 21.5 Å². The minimum atomic E-state index is -0.560. The van der Waals surface area contributed by atoms with Crippen molar-refractivity contribution in [3.63, 3.8) is 0 Å². The second kappa shape index (κ2) is 5.16. The molecule has 1 aliphatic carbocycles. The monoisotopic (exact) mass is 265 g/mol. The van der Waals surface area contributed by atoms with Crippen molar-refractivity contribution in [2.45, 2.75) is 31.7 Å². The van der Waals surface area contributed by atoms with Gasteiger partial charge in [0, 0.05) is 19.1 Å². The van der Waals surface area contributed by atoms with E-state index in [0.29, 0.717) is 11.9 Å². The molecule has 0 bridgehead atoms. The van der Waals surface area contributed by atoms with E-state index in [1.54, 1.807) is 0 Å². The average molecular weight is 265 g/mol. The molecule has 1 aliphatic heterocycles. The molecule has 0 radical (unpaired) electrons. The first-order chi connectivity index (χ1) is 9.22. The van der Waals surface area contributed by atoms with Crippen LogP contribution in [0.25, 0.3) is 0 Å². The van der Waals surface area contributed by atoms with Crippen LogP contribution in [0.2, 0.25) is 0 Å². The third-order valence-electron chi connectivity index (χ3n) is 3.88. The third-order valence-corrected chi connectivity index (χ3v) is 3.88. The second-order valence-electron chi connectivity index (χ2n) is 5.44. The van der Waals surface area contributed by atoms with E-state index in [4.69, 9.17) is 0 Å². The molecule has 7 heteroatoms. The first kappa shape index (κ1) is 12.4. The Balaban J connectivity index is 1.56. The molecule has 0 atom stereocenters. The van der Waals surface area contributed by atoms with Crippen molar-refractivity contribution in [3.8, 4) is 0 Å². The molecule has 0 unspecified atom stereocenters. The molecule has 1 aromatic rings. The second-order valence-corrected chi connectivity index (χ2v) is 5.44. The summed E-state index contributed by atoms with van der Waals surface area (Å²) in [4.78, 5) is 26.7. The molecule has 2 heterocycles. The lowest BCUT2D eigenvalue weighted by molar-refractivity contribution is 0.406. The van der Waals surface area contributed by atoms with Crippen molar-refractivity contribution in [1.82, 2.24) is 20.5 Å². The summed E-state index contributed by atoms with van der Waals surface area (Å²) < 4.78 is 0. The summed E-state index contributed by atoms with van der Waals surface area (Å²) >= 11 is 0. The molecule has 3 rings (SSSR count). The maximum atomic E-state index is 11.6. The van der Waals surface area contributed by atoms with E-state index >= 15 is 0 Å². The molecule has 1 saturated heterocycles. The van der Waals surface area contributed by atoms with Gasteiger partial charge >= 0.3 is 5.69 Å². The van der Waals surface area contributed by atoms with Crippen molar-refractivity contribution < 1.29 is 0 Å². The quantitative estimate of drug-likeness (QED) is 0.677. The summed E-state index contributed by atoms with van der Waals surface area (Å²) in [6, 6.07) is 0.540. The molecule has 7 nitrogen and oxygen atoms in total. The van der Waals surface area contributed by atoms with E-state index in [9.17, 15) is 9.59 Å². The van der Waals surface area contributed by atoms with Crippen LogP contribution in [0, 0.1) is 5.92 Å². The van der Waals surface area contributed by atoms with Crippen LogP contribution in [0.3, 0.4) is 0 Å². The van der Waals surface area contributed by atoms with Crippen molar-refractivity contribution in [3.05, 3.63) is 20.8 Å². The Hall–Kier alpha value is -1.63. The first-order valence-corrected chi connectivity index (χ1v) is 6.89. The van der Waals surface area contributed by atoms with Gasteiger partial charge in [0.2, 0.25) is 5.82 Å². The largest absolute Gasteiger partial charge is 0.350 e. The van der Waals surface area contributed by atoms with Crippen LogP contribution in [0.4, 0.5) is 5.82 Å². The summed E-state index contributed by atoms with van der Waals surface area (Å²) in [7, 11) is 0. The number of piperidine rings is 1. The predicted molar refractivity (Wildman–Crippen MR) is 71.4 cm³/mol. The molecule has 0 spiro atoms. The van der Waals surface area contributed by atoms with E-state index in [-0.39, 0.29) is 0 Å². The van der Waals surface area contributed by atoms with Gasteiger partial charge < -0.3 is 10.2 Å². The summed E-state index contributed by atoms with van der Waals surface area (Å²) in [6.07, 6.45) is 4.74. The molecular weight excluding hydrogens is 246 g/mol. The highest BCUT2D eigenvalue weighted by molar-refractivity contribution is 5.34. The fourth-order valence-electron chi connectivity index (χ4n) is 2.51. The zero-order chi connectivity index (χ0) is 13.2. The normalized spacial score (nSPS) is 20.7. The average Bonchev–Trinajstić information content (AvgIpc) is 3.21. The first-order valence-electron chi connectivity index (χ1n) is 6.89. The predicted octanol–water partition coefficient (Wildman–Crippen LogP) is -0.573. The molecule has 3 N–H and O–H groups in total. The van der Waals surface area contributed by atoms with Gasteiger partial charge in [0.15, 0.2) is 0 Å². The number of rotatable bonds is 4. The Morgan fingerprint density at radius 3 is 2.58 bits per heavy atom. The smallest absolute Gasteiger partial charge is 0.342 e. The molecule has 2 aliphatic rings. The van der Waals surface area contributed by atoms with Crippen molar-refractivity contribution in [2.75, 3.05) is 24.5 Å². The van der Waals surface area contributed by atoms with Crippen LogP contribution in [0.5, 0.6) is 0 Å². The van der Waals surface area contributed by atoms with E-state index in [2.05, 4.69) is 20.5 Å². The number of nitrogens with zero attached hydrogens (tertiary/aromatic N) is 2. The van der Waals surface area contributed by atoms with Crippen molar-refractivity contribution in [2.24, 2.45) is 5.92 Å². The lowest BCUT2D eigenvalue weighted by atomic mass is 10.0. The number of hydrogen-bond acceptors (Lipinski definition) is 5. The fourth-order valence-corrected chi connectivity index (χ4v) is 2.51. The molecule has 0 aromatic carbocycles. The zero-order valence-corrected chi connectivity index (χ0v) is 10.8. The number of nitrogens with one attached hydrogen (secondary N) is 3. The van der Waals surface area contributed by atoms with E-state index in [0.717, 1.165) is 38.4 Å². The minimum Gasteiger partial charge on any atom is -0.350 e.